The van der Waals surface area contributed by atoms with Gasteiger partial charge in [-0.3, -0.25) is 36.9 Å². The summed E-state index contributed by atoms with van der Waals surface area (Å²) >= 11 is 0. The van der Waals surface area contributed by atoms with Gasteiger partial charge in [-0.1, -0.05) is 12.1 Å². The van der Waals surface area contributed by atoms with Crippen LogP contribution in [0.5, 0.6) is 0 Å². The van der Waals surface area contributed by atoms with Crippen LogP contribution in [-0.4, -0.2) is 273 Å². The van der Waals surface area contributed by atoms with Gasteiger partial charge in [0.05, 0.1) is 9.79 Å². The van der Waals surface area contributed by atoms with E-state index in [1.807, 2.05) is 0 Å². The van der Waals surface area contributed by atoms with E-state index < -0.39 is 129 Å². The summed E-state index contributed by atoms with van der Waals surface area (Å²) in [4.78, 5) is 33.8. The van der Waals surface area contributed by atoms with Gasteiger partial charge in [0.2, 0.25) is 0 Å². The Bertz CT molecular complexity index is 4520. The van der Waals surface area contributed by atoms with Crippen LogP contribution in [0.25, 0.3) is 21.5 Å². The number of urea groups is 1. The first-order chi connectivity index (χ1) is 37.9. The van der Waals surface area contributed by atoms with Gasteiger partial charge in [-0.2, -0.15) is 50.5 Å². The minimum absolute atomic E-state index is 0. The fourth-order valence-electron chi connectivity index (χ4n) is 8.39. The number of carbonyl (C=O) groups excluding carboxylic acids is 3. The van der Waals surface area contributed by atoms with Gasteiger partial charge in [0.15, 0.2) is 0 Å². The van der Waals surface area contributed by atoms with E-state index in [4.69, 9.17) is 0 Å². The summed E-state index contributed by atoms with van der Waals surface area (Å²) in [6.45, 7) is 3.16. The maximum atomic E-state index is 13.5. The molecule has 0 heterocycles. The van der Waals surface area contributed by atoms with E-state index in [1.54, 1.807) is 13.8 Å². The molecule has 4 amide bonds. The second-order valence-electron chi connectivity index (χ2n) is 17.7. The first kappa shape index (κ1) is 81.6. The van der Waals surface area contributed by atoms with Crippen molar-refractivity contribution >= 4 is 323 Å². The molecule has 0 atom stereocenters. The molecule has 0 fully saturated rings. The fourth-order valence-corrected chi connectivity index (χ4v) is 12.5. The molecule has 434 valence electrons. The van der Waals surface area contributed by atoms with Crippen molar-refractivity contribution in [1.82, 2.24) is 0 Å². The molecule has 12 N–H and O–H groups in total. The topological polar surface area (TPSA) is 450 Å². The van der Waals surface area contributed by atoms with Crippen molar-refractivity contribution in [3.63, 3.8) is 0 Å². The Labute approximate surface area is 636 Å². The second kappa shape index (κ2) is 31.7. The van der Waals surface area contributed by atoms with Crippen LogP contribution in [0, 0.1) is 13.8 Å². The number of anilines is 8. The van der Waals surface area contributed by atoms with E-state index in [1.165, 1.54) is 84.9 Å². The fraction of sp³-hybridized carbons (Fsp3) is 0.0408. The maximum absolute atomic E-state index is 13.5. The molecule has 8 aromatic rings. The first-order valence-electron chi connectivity index (χ1n) is 22.7. The number of nitrogens with one attached hydrogen (secondary N) is 6. The SMILES string of the molecule is Cc1cc(Nc2ccc(S(=O)(=O)O)c3cc(S(=O)(=O)O)cc(S(=O)(=O)O)c23)ccc1NC(=O)c1cccc(NC(=O)Nc2cccc(C(=O)Nc3ccc(Nc4ccc(S(=O)(=O)O)c5cc(S(=O)(=O)O)cc(S(=O)(=O)O)c45)cc3C)c2)c1.[Na].[Na].[Na].[Na].[Na].[Na]. The Morgan fingerprint density at radius 1 is 0.330 bits per heavy atom. The third-order valence-corrected chi connectivity index (χ3v) is 17.2. The van der Waals surface area contributed by atoms with E-state index >= 15 is 0 Å². The molecule has 0 unspecified atom stereocenters. The van der Waals surface area contributed by atoms with Crippen LogP contribution in [-0.2, 0) is 60.7 Å². The predicted molar refractivity (Wildman–Crippen MR) is 332 cm³/mol. The summed E-state index contributed by atoms with van der Waals surface area (Å²) < 4.78 is 206. The summed E-state index contributed by atoms with van der Waals surface area (Å²) in [7, 11) is -31.3. The van der Waals surface area contributed by atoms with Crippen LogP contribution in [0.4, 0.5) is 50.3 Å². The molecule has 0 aliphatic carbocycles. The molecule has 0 bridgehead atoms. The third kappa shape index (κ3) is 19.8. The quantitative estimate of drug-likeness (QED) is 0.0423. The molecular weight excluding hydrogens is 1340 g/mol. The van der Waals surface area contributed by atoms with Crippen LogP contribution in [0.3, 0.4) is 0 Å². The Hall–Kier alpha value is -2.45. The molecule has 88 heavy (non-hydrogen) atoms. The number of hydrogen-bond acceptors (Lipinski definition) is 17. The van der Waals surface area contributed by atoms with Gasteiger partial charge in [0.25, 0.3) is 72.5 Å². The molecule has 8 aromatic carbocycles. The summed E-state index contributed by atoms with van der Waals surface area (Å²) in [5, 5.41) is 13.8. The number of benzene rings is 8. The number of amides is 4. The smallest absolute Gasteiger partial charge is 0.323 e. The molecule has 0 aliphatic heterocycles. The second-order valence-corrected chi connectivity index (χ2v) is 26.1. The van der Waals surface area contributed by atoms with Crippen molar-refractivity contribution in [2.24, 2.45) is 0 Å². The van der Waals surface area contributed by atoms with Crippen LogP contribution in [0.1, 0.15) is 31.8 Å². The van der Waals surface area contributed by atoms with Crippen LogP contribution in [0.15, 0.2) is 163 Å². The van der Waals surface area contributed by atoms with Crippen molar-refractivity contribution in [3.05, 3.63) is 156 Å². The predicted octanol–water partition coefficient (Wildman–Crippen LogP) is 5.44. The Balaban J connectivity index is 0.00000440. The number of hydrogen-bond donors (Lipinski definition) is 12. The van der Waals surface area contributed by atoms with E-state index in [2.05, 4.69) is 31.9 Å². The van der Waals surface area contributed by atoms with Gasteiger partial charge in [-0.05, 0) is 146 Å². The molecule has 0 aromatic heterocycles. The molecule has 6 radical (unpaired) electrons. The van der Waals surface area contributed by atoms with Crippen LogP contribution < -0.4 is 31.9 Å². The zero-order valence-electron chi connectivity index (χ0n) is 47.5. The number of rotatable bonds is 16. The standard InChI is InChI=1S/C49H40N6O21S6.6Na/c1-25-17-31(50-39-13-15-41(79(65,66)67)35-21-33(77(59,60)61)23-43(45(35)39)81(71,72)73)9-11-37(25)54-47(56)27-5-3-7-29(19-27)52-49(58)53-30-8-4-6-28(20-30)48(57)55-38-12-10-32(18-26(38)2)51-40-14-16-42(80(68,69)70)36-22-34(78(62,63)64)24-44(46(36)40)82(74,75)76;;;;;;/h3-24,50-51H,1-2H3,(H,54,56)(H,55,57)(H2,52,53,58)(H,59,60,61)(H,62,63,64)(H,65,66,67)(H,68,69,70)(H,71,72,73)(H,74,75,76);;;;;;. The summed E-state index contributed by atoms with van der Waals surface area (Å²) in [5.74, 6) is -1.27. The minimum Gasteiger partial charge on any atom is -0.355 e. The zero-order valence-corrected chi connectivity index (χ0v) is 64.4. The van der Waals surface area contributed by atoms with Crippen LogP contribution in [0.2, 0.25) is 0 Å². The van der Waals surface area contributed by atoms with Gasteiger partial charge in [0, 0.05) is 256 Å². The van der Waals surface area contributed by atoms with E-state index in [0.29, 0.717) is 35.4 Å². The van der Waals surface area contributed by atoms with Crippen molar-refractivity contribution in [3.8, 4) is 0 Å². The molecule has 0 spiro atoms. The van der Waals surface area contributed by atoms with Crippen molar-refractivity contribution in [1.29, 1.82) is 0 Å². The Morgan fingerprint density at radius 2 is 0.648 bits per heavy atom. The Morgan fingerprint density at radius 3 is 0.943 bits per heavy atom. The summed E-state index contributed by atoms with van der Waals surface area (Å²) in [5.41, 5.74) is 1.85. The zero-order chi connectivity index (χ0) is 60.2. The normalized spacial score (nSPS) is 11.5. The van der Waals surface area contributed by atoms with Crippen molar-refractivity contribution in [2.75, 3.05) is 31.9 Å². The Kier molecular flexibility index (Phi) is 29.4. The van der Waals surface area contributed by atoms with Gasteiger partial charge >= 0.3 is 6.03 Å². The first-order valence-corrected chi connectivity index (χ1v) is 31.3. The van der Waals surface area contributed by atoms with Gasteiger partial charge in [0.1, 0.15) is 19.6 Å². The molecule has 39 heteroatoms. The van der Waals surface area contributed by atoms with Gasteiger partial charge in [-0.15, -0.1) is 0 Å². The number of fused-ring (bicyclic) bond motifs is 2. The monoisotopic (exact) mass is 1380 g/mol. The average molecular weight is 1380 g/mol. The number of carbonyl (C=O) groups is 3. The molecule has 0 aliphatic rings. The van der Waals surface area contributed by atoms with Crippen molar-refractivity contribution < 1.29 is 92.2 Å². The molecule has 8 rings (SSSR count). The van der Waals surface area contributed by atoms with E-state index in [9.17, 15) is 92.2 Å². The molecule has 27 nitrogen and oxygen atoms in total. The molecule has 0 saturated heterocycles. The van der Waals surface area contributed by atoms with Crippen LogP contribution >= 0.6 is 0 Å². The van der Waals surface area contributed by atoms with Gasteiger partial charge in [-0.25, -0.2) is 4.79 Å². The summed E-state index contributed by atoms with van der Waals surface area (Å²) in [6.07, 6.45) is 0. The minimum atomic E-state index is -5.32. The van der Waals surface area contributed by atoms with E-state index in [-0.39, 0.29) is 234 Å². The third-order valence-electron chi connectivity index (χ3n) is 12.0. The molecular formula is C49H40N6Na6O21S6. The van der Waals surface area contributed by atoms with E-state index in [0.717, 1.165) is 24.3 Å². The van der Waals surface area contributed by atoms with Crippen molar-refractivity contribution in [2.45, 2.75) is 43.2 Å². The van der Waals surface area contributed by atoms with Gasteiger partial charge < -0.3 is 31.9 Å². The number of aryl methyl sites for hydroxylation is 2. The largest absolute Gasteiger partial charge is 0.355 e. The summed E-state index contributed by atoms with van der Waals surface area (Å²) in [6, 6.07) is 25.1. The average Bonchev–Trinajstić information content (AvgIpc) is 0.863. The maximum Gasteiger partial charge on any atom is 0.323 e. The molecule has 0 saturated carbocycles.